The van der Waals surface area contributed by atoms with Gasteiger partial charge in [0.25, 0.3) is 0 Å². The van der Waals surface area contributed by atoms with Crippen molar-refractivity contribution in [2.45, 2.75) is 13.3 Å². The van der Waals surface area contributed by atoms with Crippen molar-refractivity contribution in [3.63, 3.8) is 0 Å². The molecule has 0 spiro atoms. The summed E-state index contributed by atoms with van der Waals surface area (Å²) in [4.78, 5) is 19.5. The summed E-state index contributed by atoms with van der Waals surface area (Å²) in [6, 6.07) is 5.98. The highest BCUT2D eigenvalue weighted by Crippen LogP contribution is 2.12. The van der Waals surface area contributed by atoms with Gasteiger partial charge in [-0.1, -0.05) is 6.07 Å². The third-order valence-corrected chi connectivity index (χ3v) is 2.52. The van der Waals surface area contributed by atoms with Crippen molar-refractivity contribution in [3.05, 3.63) is 59.4 Å². The van der Waals surface area contributed by atoms with E-state index in [1.165, 1.54) is 24.7 Å². The Morgan fingerprint density at radius 3 is 2.82 bits per heavy atom. The van der Waals surface area contributed by atoms with Crippen molar-refractivity contribution in [2.75, 3.05) is 0 Å². The fraction of sp³-hybridized carbons (Fsp3) is 0.154. The predicted molar refractivity (Wildman–Crippen MR) is 61.2 cm³/mol. The van der Waals surface area contributed by atoms with Crippen LogP contribution < -0.4 is 0 Å². The van der Waals surface area contributed by atoms with Crippen LogP contribution in [0.3, 0.4) is 0 Å². The molecule has 0 saturated carbocycles. The molecule has 0 radical (unpaired) electrons. The number of hydrogen-bond acceptors (Lipinski definition) is 3. The summed E-state index contributed by atoms with van der Waals surface area (Å²) in [6.07, 6.45) is 3.09. The van der Waals surface area contributed by atoms with Gasteiger partial charge in [-0.25, -0.2) is 14.4 Å². The van der Waals surface area contributed by atoms with E-state index in [1.807, 2.05) is 0 Å². The van der Waals surface area contributed by atoms with Crippen LogP contribution in [0.5, 0.6) is 0 Å². The van der Waals surface area contributed by atoms with Gasteiger partial charge in [-0.05, 0) is 36.2 Å². The van der Waals surface area contributed by atoms with E-state index in [0.29, 0.717) is 5.69 Å². The maximum Gasteiger partial charge on any atom is 0.185 e. The molecule has 1 aromatic heterocycles. The summed E-state index contributed by atoms with van der Waals surface area (Å²) in [5.41, 5.74) is 1.96. The summed E-state index contributed by atoms with van der Waals surface area (Å²) in [5, 5.41) is 0. The molecule has 0 unspecified atom stereocenters. The smallest absolute Gasteiger partial charge is 0.185 e. The summed E-state index contributed by atoms with van der Waals surface area (Å²) in [6.45, 7) is 1.78. The molecule has 0 amide bonds. The van der Waals surface area contributed by atoms with Gasteiger partial charge < -0.3 is 0 Å². The average Bonchev–Trinajstić information content (AvgIpc) is 2.34. The van der Waals surface area contributed by atoms with Gasteiger partial charge >= 0.3 is 0 Å². The summed E-state index contributed by atoms with van der Waals surface area (Å²) in [5.74, 6) is -0.386. The Kier molecular flexibility index (Phi) is 3.23. The van der Waals surface area contributed by atoms with Crippen LogP contribution in [0, 0.1) is 12.7 Å². The van der Waals surface area contributed by atoms with Crippen molar-refractivity contribution in [3.8, 4) is 0 Å². The molecule has 0 aliphatic heterocycles. The number of benzene rings is 1. The molecule has 0 aliphatic carbocycles. The Morgan fingerprint density at radius 1 is 1.35 bits per heavy atom. The third kappa shape index (κ3) is 2.72. The van der Waals surface area contributed by atoms with Crippen molar-refractivity contribution < 1.29 is 9.18 Å². The lowest BCUT2D eigenvalue weighted by Gasteiger charge is -2.04. The minimum absolute atomic E-state index is 0.0953. The van der Waals surface area contributed by atoms with Crippen LogP contribution in [-0.4, -0.2) is 15.8 Å². The van der Waals surface area contributed by atoms with Gasteiger partial charge in [0.05, 0.1) is 0 Å². The van der Waals surface area contributed by atoms with Gasteiger partial charge in [-0.15, -0.1) is 0 Å². The maximum atomic E-state index is 12.9. The molecular weight excluding hydrogens is 219 g/mol. The highest BCUT2D eigenvalue weighted by Gasteiger charge is 2.10. The third-order valence-electron chi connectivity index (χ3n) is 2.52. The number of carbonyl (C=O) groups is 1. The normalized spacial score (nSPS) is 10.2. The van der Waals surface area contributed by atoms with E-state index in [0.717, 1.165) is 11.1 Å². The van der Waals surface area contributed by atoms with Gasteiger partial charge in [0.15, 0.2) is 5.78 Å². The molecule has 2 rings (SSSR count). The zero-order valence-corrected chi connectivity index (χ0v) is 9.35. The molecule has 3 nitrogen and oxygen atoms in total. The van der Waals surface area contributed by atoms with Gasteiger partial charge in [-0.2, -0.15) is 0 Å². The van der Waals surface area contributed by atoms with E-state index in [9.17, 15) is 9.18 Å². The fourth-order valence-corrected chi connectivity index (χ4v) is 1.58. The summed E-state index contributed by atoms with van der Waals surface area (Å²) < 4.78 is 12.9. The minimum atomic E-state index is -0.291. The molecule has 1 heterocycles. The van der Waals surface area contributed by atoms with E-state index >= 15 is 0 Å². The van der Waals surface area contributed by atoms with Gasteiger partial charge in [0, 0.05) is 12.6 Å². The molecule has 0 fully saturated rings. The maximum absolute atomic E-state index is 12.9. The zero-order valence-electron chi connectivity index (χ0n) is 9.35. The lowest BCUT2D eigenvalue weighted by Crippen LogP contribution is -2.07. The molecule has 0 aliphatic rings. The fourth-order valence-electron chi connectivity index (χ4n) is 1.58. The van der Waals surface area contributed by atoms with Crippen molar-refractivity contribution >= 4 is 5.78 Å². The monoisotopic (exact) mass is 230 g/mol. The zero-order chi connectivity index (χ0) is 12.3. The van der Waals surface area contributed by atoms with Crippen molar-refractivity contribution in [1.82, 2.24) is 9.97 Å². The van der Waals surface area contributed by atoms with E-state index in [1.54, 1.807) is 19.1 Å². The Hall–Kier alpha value is -2.10. The second kappa shape index (κ2) is 4.82. The van der Waals surface area contributed by atoms with Gasteiger partial charge in [0.1, 0.15) is 17.8 Å². The number of hydrogen-bond donors (Lipinski definition) is 0. The molecule has 86 valence electrons. The highest BCUT2D eigenvalue weighted by atomic mass is 19.1. The largest absolute Gasteiger partial charge is 0.292 e. The van der Waals surface area contributed by atoms with E-state index in [-0.39, 0.29) is 18.0 Å². The number of halogens is 1. The number of carbonyl (C=O) groups excluding carboxylic acids is 1. The Balaban J connectivity index is 2.19. The van der Waals surface area contributed by atoms with Crippen molar-refractivity contribution in [1.29, 1.82) is 0 Å². The highest BCUT2D eigenvalue weighted by molar-refractivity contribution is 5.95. The molecule has 4 heteroatoms. The first kappa shape index (κ1) is 11.4. The molecule has 1 aromatic carbocycles. The molecular formula is C13H11FN2O. The van der Waals surface area contributed by atoms with E-state index < -0.39 is 0 Å². The molecule has 0 N–H and O–H groups in total. The van der Waals surface area contributed by atoms with E-state index in [4.69, 9.17) is 0 Å². The lowest BCUT2D eigenvalue weighted by atomic mass is 10.0. The number of Topliss-reactive ketones (excluding diaryl/α,β-unsaturated/α-hetero) is 1. The topological polar surface area (TPSA) is 42.9 Å². The lowest BCUT2D eigenvalue weighted by molar-refractivity contribution is 0.0988. The quantitative estimate of drug-likeness (QED) is 0.760. The van der Waals surface area contributed by atoms with Crippen LogP contribution in [-0.2, 0) is 6.42 Å². The average molecular weight is 230 g/mol. The number of nitrogens with zero attached hydrogens (tertiary/aromatic N) is 2. The Bertz CT molecular complexity index is 540. The SMILES string of the molecule is Cc1cc(F)ccc1CC(=O)c1ccncn1. The van der Waals surface area contributed by atoms with Gasteiger partial charge in [-0.3, -0.25) is 4.79 Å². The van der Waals surface area contributed by atoms with Crippen LogP contribution in [0.15, 0.2) is 36.8 Å². The number of aryl methyl sites for hydroxylation is 1. The molecule has 17 heavy (non-hydrogen) atoms. The minimum Gasteiger partial charge on any atom is -0.292 e. The van der Waals surface area contributed by atoms with Gasteiger partial charge in [0.2, 0.25) is 0 Å². The van der Waals surface area contributed by atoms with Crippen LogP contribution in [0.25, 0.3) is 0 Å². The van der Waals surface area contributed by atoms with Crippen LogP contribution >= 0.6 is 0 Å². The van der Waals surface area contributed by atoms with E-state index in [2.05, 4.69) is 9.97 Å². The predicted octanol–water partition coefficient (Wildman–Crippen LogP) is 2.35. The second-order valence-electron chi connectivity index (χ2n) is 3.77. The van der Waals surface area contributed by atoms with Crippen molar-refractivity contribution in [2.24, 2.45) is 0 Å². The molecule has 0 saturated heterocycles. The Morgan fingerprint density at radius 2 is 2.18 bits per heavy atom. The number of rotatable bonds is 3. The molecule has 2 aromatic rings. The van der Waals surface area contributed by atoms with Crippen LogP contribution in [0.4, 0.5) is 4.39 Å². The number of ketones is 1. The molecule has 0 atom stereocenters. The number of aromatic nitrogens is 2. The van der Waals surface area contributed by atoms with Crippen LogP contribution in [0.1, 0.15) is 21.6 Å². The first-order valence-corrected chi connectivity index (χ1v) is 5.21. The second-order valence-corrected chi connectivity index (χ2v) is 3.77. The first-order chi connectivity index (χ1) is 8.16. The standard InChI is InChI=1S/C13H11FN2O/c1-9-6-11(14)3-2-10(9)7-13(17)12-4-5-15-8-16-12/h2-6,8H,7H2,1H3. The van der Waals surface area contributed by atoms with Crippen LogP contribution in [0.2, 0.25) is 0 Å². The summed E-state index contributed by atoms with van der Waals surface area (Å²) >= 11 is 0. The summed E-state index contributed by atoms with van der Waals surface area (Å²) in [7, 11) is 0. The Labute approximate surface area is 98.3 Å². The molecule has 0 bridgehead atoms. The first-order valence-electron chi connectivity index (χ1n) is 5.21.